The number of aliphatic hydroxyl groups excluding tert-OH is 1. The summed E-state index contributed by atoms with van der Waals surface area (Å²) in [7, 11) is 0. The molecule has 0 aliphatic rings. The topological polar surface area (TPSA) is 75.3 Å². The molecule has 0 saturated carbocycles. The lowest BCUT2D eigenvalue weighted by Crippen LogP contribution is -2.25. The fourth-order valence-corrected chi connectivity index (χ4v) is 1.19. The zero-order valence-electron chi connectivity index (χ0n) is 8.35. The van der Waals surface area contributed by atoms with Gasteiger partial charge in [0, 0.05) is 19.7 Å². The number of nitrogens with zero attached hydrogens (tertiary/aromatic N) is 3. The number of hydrogen-bond acceptors (Lipinski definition) is 5. The summed E-state index contributed by atoms with van der Waals surface area (Å²) in [5, 5.41) is 8.72. The van der Waals surface area contributed by atoms with E-state index >= 15 is 0 Å². The Morgan fingerprint density at radius 2 is 2.21 bits per heavy atom. The molecule has 1 rings (SSSR count). The van der Waals surface area contributed by atoms with Gasteiger partial charge in [0.15, 0.2) is 0 Å². The Balaban J connectivity index is 2.64. The molecule has 0 aliphatic carbocycles. The standard InChI is InChI=1S/C9H16N4O/c1-2-13(4-3-5-14)9-7-11-8(10)6-12-9/h6-7,14H,2-5H2,1H3,(H2,10,11). The lowest BCUT2D eigenvalue weighted by Gasteiger charge is -2.20. The summed E-state index contributed by atoms with van der Waals surface area (Å²) in [6, 6.07) is 0. The first-order chi connectivity index (χ1) is 6.77. The summed E-state index contributed by atoms with van der Waals surface area (Å²) in [6.07, 6.45) is 3.92. The van der Waals surface area contributed by atoms with Crippen molar-refractivity contribution in [3.05, 3.63) is 12.4 Å². The number of anilines is 2. The van der Waals surface area contributed by atoms with Gasteiger partial charge in [-0.25, -0.2) is 9.97 Å². The van der Waals surface area contributed by atoms with Crippen LogP contribution >= 0.6 is 0 Å². The zero-order valence-corrected chi connectivity index (χ0v) is 8.35. The Labute approximate surface area is 83.6 Å². The van der Waals surface area contributed by atoms with Gasteiger partial charge in [-0.15, -0.1) is 0 Å². The van der Waals surface area contributed by atoms with Crippen LogP contribution in [0.4, 0.5) is 11.6 Å². The number of hydrogen-bond donors (Lipinski definition) is 2. The van der Waals surface area contributed by atoms with Gasteiger partial charge in [-0.05, 0) is 13.3 Å². The largest absolute Gasteiger partial charge is 0.396 e. The Morgan fingerprint density at radius 3 is 2.71 bits per heavy atom. The van der Waals surface area contributed by atoms with E-state index in [9.17, 15) is 0 Å². The highest BCUT2D eigenvalue weighted by molar-refractivity contribution is 5.38. The number of aromatic nitrogens is 2. The third-order valence-corrected chi connectivity index (χ3v) is 1.95. The second kappa shape index (κ2) is 5.39. The maximum atomic E-state index is 8.72. The molecule has 0 bridgehead atoms. The van der Waals surface area contributed by atoms with Gasteiger partial charge in [0.25, 0.3) is 0 Å². The molecule has 0 aliphatic heterocycles. The average molecular weight is 196 g/mol. The minimum absolute atomic E-state index is 0.193. The lowest BCUT2D eigenvalue weighted by molar-refractivity contribution is 0.289. The first kappa shape index (κ1) is 10.7. The van der Waals surface area contributed by atoms with Gasteiger partial charge in [-0.2, -0.15) is 0 Å². The molecule has 0 spiro atoms. The summed E-state index contributed by atoms with van der Waals surface area (Å²) >= 11 is 0. The Morgan fingerprint density at radius 1 is 1.43 bits per heavy atom. The fraction of sp³-hybridized carbons (Fsp3) is 0.556. The van der Waals surface area contributed by atoms with Crippen LogP contribution in [-0.2, 0) is 0 Å². The van der Waals surface area contributed by atoms with E-state index in [4.69, 9.17) is 10.8 Å². The summed E-state index contributed by atoms with van der Waals surface area (Å²) in [5.74, 6) is 1.22. The molecule has 0 atom stereocenters. The molecule has 0 saturated heterocycles. The van der Waals surface area contributed by atoms with E-state index in [-0.39, 0.29) is 6.61 Å². The highest BCUT2D eigenvalue weighted by Crippen LogP contribution is 2.09. The van der Waals surface area contributed by atoms with Crippen molar-refractivity contribution in [1.82, 2.24) is 9.97 Å². The molecular formula is C9H16N4O. The molecule has 0 unspecified atom stereocenters. The molecule has 5 nitrogen and oxygen atoms in total. The minimum atomic E-state index is 0.193. The van der Waals surface area contributed by atoms with E-state index in [0.717, 1.165) is 25.3 Å². The van der Waals surface area contributed by atoms with Crippen LogP contribution in [0.2, 0.25) is 0 Å². The maximum Gasteiger partial charge on any atom is 0.147 e. The minimum Gasteiger partial charge on any atom is -0.396 e. The molecule has 0 amide bonds. The van der Waals surface area contributed by atoms with Crippen LogP contribution in [0, 0.1) is 0 Å². The highest BCUT2D eigenvalue weighted by atomic mass is 16.3. The number of aliphatic hydroxyl groups is 1. The Bertz CT molecular complexity index is 262. The molecule has 0 aromatic carbocycles. The molecular weight excluding hydrogens is 180 g/mol. The Hall–Kier alpha value is -1.36. The van der Waals surface area contributed by atoms with Crippen LogP contribution in [0.3, 0.4) is 0 Å². The van der Waals surface area contributed by atoms with Crippen LogP contribution in [0.15, 0.2) is 12.4 Å². The van der Waals surface area contributed by atoms with E-state index in [1.807, 2.05) is 11.8 Å². The number of nitrogens with two attached hydrogens (primary N) is 1. The van der Waals surface area contributed by atoms with Crippen molar-refractivity contribution in [2.75, 3.05) is 30.3 Å². The molecule has 5 heteroatoms. The average Bonchev–Trinajstić information content (AvgIpc) is 2.21. The first-order valence-electron chi connectivity index (χ1n) is 4.71. The van der Waals surface area contributed by atoms with Crippen molar-refractivity contribution < 1.29 is 5.11 Å². The van der Waals surface area contributed by atoms with Crippen molar-refractivity contribution >= 4 is 11.6 Å². The van der Waals surface area contributed by atoms with Crippen molar-refractivity contribution in [1.29, 1.82) is 0 Å². The molecule has 3 N–H and O–H groups in total. The van der Waals surface area contributed by atoms with Crippen LogP contribution in [0.1, 0.15) is 13.3 Å². The van der Waals surface area contributed by atoms with E-state index in [2.05, 4.69) is 9.97 Å². The van der Waals surface area contributed by atoms with Crippen LogP contribution < -0.4 is 10.6 Å². The van der Waals surface area contributed by atoms with Crippen molar-refractivity contribution in [2.45, 2.75) is 13.3 Å². The van der Waals surface area contributed by atoms with E-state index in [1.54, 1.807) is 6.20 Å². The third-order valence-electron chi connectivity index (χ3n) is 1.95. The van der Waals surface area contributed by atoms with E-state index in [1.165, 1.54) is 6.20 Å². The summed E-state index contributed by atoms with van der Waals surface area (Å²) < 4.78 is 0. The predicted octanol–water partition coefficient (Wildman–Crippen LogP) is 0.268. The van der Waals surface area contributed by atoms with Crippen LogP contribution in [0.25, 0.3) is 0 Å². The van der Waals surface area contributed by atoms with Gasteiger partial charge in [-0.1, -0.05) is 0 Å². The maximum absolute atomic E-state index is 8.72. The van der Waals surface area contributed by atoms with Crippen molar-refractivity contribution in [3.8, 4) is 0 Å². The molecule has 14 heavy (non-hydrogen) atoms. The molecule has 78 valence electrons. The van der Waals surface area contributed by atoms with Gasteiger partial charge in [0.05, 0.1) is 12.4 Å². The number of nitrogen functional groups attached to an aromatic ring is 1. The van der Waals surface area contributed by atoms with E-state index < -0.39 is 0 Å². The quantitative estimate of drug-likeness (QED) is 0.707. The van der Waals surface area contributed by atoms with Gasteiger partial charge < -0.3 is 15.7 Å². The molecule has 0 fully saturated rings. The van der Waals surface area contributed by atoms with Gasteiger partial charge in [0.1, 0.15) is 11.6 Å². The van der Waals surface area contributed by atoms with Crippen LogP contribution in [0.5, 0.6) is 0 Å². The van der Waals surface area contributed by atoms with Gasteiger partial charge in [0.2, 0.25) is 0 Å². The normalized spacial score (nSPS) is 10.1. The molecule has 1 aromatic rings. The van der Waals surface area contributed by atoms with E-state index in [0.29, 0.717) is 5.82 Å². The second-order valence-electron chi connectivity index (χ2n) is 2.96. The molecule has 1 heterocycles. The number of rotatable bonds is 5. The summed E-state index contributed by atoms with van der Waals surface area (Å²) in [4.78, 5) is 10.2. The second-order valence-corrected chi connectivity index (χ2v) is 2.96. The summed E-state index contributed by atoms with van der Waals surface area (Å²) in [6.45, 7) is 3.86. The van der Waals surface area contributed by atoms with Gasteiger partial charge in [-0.3, -0.25) is 0 Å². The fourth-order valence-electron chi connectivity index (χ4n) is 1.19. The monoisotopic (exact) mass is 196 g/mol. The van der Waals surface area contributed by atoms with Crippen molar-refractivity contribution in [3.63, 3.8) is 0 Å². The zero-order chi connectivity index (χ0) is 10.4. The third kappa shape index (κ3) is 2.85. The van der Waals surface area contributed by atoms with Crippen LogP contribution in [-0.4, -0.2) is 34.8 Å². The lowest BCUT2D eigenvalue weighted by atomic mass is 10.4. The van der Waals surface area contributed by atoms with Gasteiger partial charge >= 0.3 is 0 Å². The molecule has 1 aromatic heterocycles. The Kier molecular flexibility index (Phi) is 4.12. The SMILES string of the molecule is CCN(CCCO)c1cnc(N)cn1. The first-order valence-corrected chi connectivity index (χ1v) is 4.71. The summed E-state index contributed by atoms with van der Waals surface area (Å²) in [5.41, 5.74) is 5.44. The molecule has 0 radical (unpaired) electrons. The van der Waals surface area contributed by atoms with Crippen molar-refractivity contribution in [2.24, 2.45) is 0 Å². The highest BCUT2D eigenvalue weighted by Gasteiger charge is 2.04. The smallest absolute Gasteiger partial charge is 0.147 e. The predicted molar refractivity (Wildman–Crippen MR) is 56.0 cm³/mol.